The molecule has 9 heteroatoms. The van der Waals surface area contributed by atoms with Crippen molar-refractivity contribution < 1.29 is 18.0 Å². The fourth-order valence-corrected chi connectivity index (χ4v) is 3.63. The molecule has 0 aliphatic rings. The first-order chi connectivity index (χ1) is 14.6. The summed E-state index contributed by atoms with van der Waals surface area (Å²) >= 11 is 5.79. The molecule has 0 saturated heterocycles. The molecular weight excluding hydrogens is 429 g/mol. The average Bonchev–Trinajstić information content (AvgIpc) is 3.12. The summed E-state index contributed by atoms with van der Waals surface area (Å²) < 4.78 is 40.8. The number of carbonyl (C=O) groups is 1. The number of hydrogen-bond donors (Lipinski definition) is 0. The zero-order valence-electron chi connectivity index (χ0n) is 16.5. The molecule has 0 amide bonds. The smallest absolute Gasteiger partial charge is 0.293 e. The molecule has 0 bridgehead atoms. The highest BCUT2D eigenvalue weighted by Crippen LogP contribution is 2.32. The Kier molecular flexibility index (Phi) is 5.26. The minimum absolute atomic E-state index is 0.187. The van der Waals surface area contributed by atoms with Crippen LogP contribution in [0.3, 0.4) is 0 Å². The second kappa shape index (κ2) is 7.77. The molecule has 4 aromatic rings. The van der Waals surface area contributed by atoms with Crippen molar-refractivity contribution in [1.29, 1.82) is 0 Å². The Morgan fingerprint density at radius 3 is 2.52 bits per heavy atom. The Hall–Kier alpha value is -3.26. The number of hydrogen-bond acceptors (Lipinski definition) is 4. The Bertz CT molecular complexity index is 1310. The number of nitrogens with zero attached hydrogens (tertiary/aromatic N) is 4. The summed E-state index contributed by atoms with van der Waals surface area (Å²) in [7, 11) is 1.80. The van der Waals surface area contributed by atoms with Crippen molar-refractivity contribution in [2.24, 2.45) is 7.05 Å². The average molecular weight is 445 g/mol. The van der Waals surface area contributed by atoms with Crippen LogP contribution in [0.5, 0.6) is 0 Å². The summed E-state index contributed by atoms with van der Waals surface area (Å²) in [4.78, 5) is 19.8. The summed E-state index contributed by atoms with van der Waals surface area (Å²) in [6.07, 6.45) is -0.844. The number of Topliss-reactive ketones (excluding diaryl/α,β-unsaturated/α-hetero) is 1. The van der Waals surface area contributed by atoms with Crippen LogP contribution in [0.4, 0.5) is 13.2 Å². The van der Waals surface area contributed by atoms with Crippen molar-refractivity contribution in [1.82, 2.24) is 19.7 Å². The van der Waals surface area contributed by atoms with E-state index in [9.17, 15) is 18.0 Å². The fourth-order valence-electron chi connectivity index (χ4n) is 3.40. The van der Waals surface area contributed by atoms with Crippen molar-refractivity contribution in [3.05, 3.63) is 76.5 Å². The number of benzene rings is 1. The Morgan fingerprint density at radius 1 is 1.10 bits per heavy atom. The number of rotatable bonds is 4. The molecule has 0 aliphatic heterocycles. The van der Waals surface area contributed by atoms with E-state index >= 15 is 0 Å². The maximum absolute atomic E-state index is 13.1. The van der Waals surface area contributed by atoms with E-state index in [2.05, 4.69) is 15.1 Å². The summed E-state index contributed by atoms with van der Waals surface area (Å²) in [5, 5.41) is 4.77. The van der Waals surface area contributed by atoms with Gasteiger partial charge in [-0.3, -0.25) is 9.48 Å². The molecule has 0 aliphatic carbocycles. The maximum atomic E-state index is 13.1. The van der Waals surface area contributed by atoms with E-state index in [0.717, 1.165) is 28.1 Å². The van der Waals surface area contributed by atoms with Gasteiger partial charge in [0.1, 0.15) is 16.5 Å². The van der Waals surface area contributed by atoms with Crippen LogP contribution in [0.2, 0.25) is 5.15 Å². The number of fused-ring (bicyclic) bond motifs is 1. The molecule has 0 spiro atoms. The molecule has 5 nitrogen and oxygen atoms in total. The molecule has 0 atom stereocenters. The zero-order chi connectivity index (χ0) is 22.3. The third kappa shape index (κ3) is 4.44. The first-order valence-electron chi connectivity index (χ1n) is 9.27. The van der Waals surface area contributed by atoms with Crippen molar-refractivity contribution in [2.75, 3.05) is 0 Å². The summed E-state index contributed by atoms with van der Waals surface area (Å²) in [6, 6.07) is 9.54. The van der Waals surface area contributed by atoms with Gasteiger partial charge < -0.3 is 0 Å². The monoisotopic (exact) mass is 444 g/mol. The highest BCUT2D eigenvalue weighted by molar-refractivity contribution is 6.29. The molecule has 158 valence electrons. The second-order valence-corrected chi connectivity index (χ2v) is 7.61. The summed E-state index contributed by atoms with van der Waals surface area (Å²) in [5.41, 5.74) is 2.58. The SMILES string of the molecule is CC(=O)c1cc(-c2cnn(C)c2)c2ccc(Cc3cc(Cl)nc(C(F)(F)F)c3)cc2n1. The van der Waals surface area contributed by atoms with Gasteiger partial charge in [-0.15, -0.1) is 0 Å². The first kappa shape index (κ1) is 21.0. The van der Waals surface area contributed by atoms with E-state index in [-0.39, 0.29) is 17.4 Å². The number of pyridine rings is 2. The molecule has 0 radical (unpaired) electrons. The van der Waals surface area contributed by atoms with Crippen molar-refractivity contribution in [3.8, 4) is 11.1 Å². The van der Waals surface area contributed by atoms with Crippen molar-refractivity contribution in [2.45, 2.75) is 19.5 Å². The number of aromatic nitrogens is 4. The van der Waals surface area contributed by atoms with Gasteiger partial charge in [-0.1, -0.05) is 23.7 Å². The highest BCUT2D eigenvalue weighted by atomic mass is 35.5. The quantitative estimate of drug-likeness (QED) is 0.308. The largest absolute Gasteiger partial charge is 0.433 e. The number of aryl methyl sites for hydroxylation is 1. The van der Waals surface area contributed by atoms with Gasteiger partial charge in [0.25, 0.3) is 0 Å². The molecule has 31 heavy (non-hydrogen) atoms. The molecule has 3 heterocycles. The van der Waals surface area contributed by atoms with E-state index in [1.54, 1.807) is 30.1 Å². The zero-order valence-corrected chi connectivity index (χ0v) is 17.3. The van der Waals surface area contributed by atoms with E-state index in [0.29, 0.717) is 16.8 Å². The Morgan fingerprint density at radius 2 is 1.87 bits per heavy atom. The number of alkyl halides is 3. The van der Waals surface area contributed by atoms with Crippen LogP contribution < -0.4 is 0 Å². The van der Waals surface area contributed by atoms with Gasteiger partial charge in [-0.2, -0.15) is 18.3 Å². The van der Waals surface area contributed by atoms with Crippen LogP contribution in [0, 0.1) is 0 Å². The lowest BCUT2D eigenvalue weighted by molar-refractivity contribution is -0.141. The van der Waals surface area contributed by atoms with Crippen LogP contribution in [0.25, 0.3) is 22.0 Å². The third-order valence-electron chi connectivity index (χ3n) is 4.80. The van der Waals surface area contributed by atoms with Gasteiger partial charge in [0.2, 0.25) is 0 Å². The van der Waals surface area contributed by atoms with Gasteiger partial charge in [-0.25, -0.2) is 9.97 Å². The summed E-state index contributed by atoms with van der Waals surface area (Å²) in [6.45, 7) is 1.43. The minimum atomic E-state index is -4.58. The molecular formula is C22H16ClF3N4O. The van der Waals surface area contributed by atoms with Crippen LogP contribution in [0.1, 0.15) is 34.2 Å². The van der Waals surface area contributed by atoms with Crippen molar-refractivity contribution >= 4 is 28.3 Å². The Labute approximate surface area is 180 Å². The third-order valence-corrected chi connectivity index (χ3v) is 5.00. The molecule has 0 saturated carbocycles. The molecule has 1 aromatic carbocycles. The van der Waals surface area contributed by atoms with Crippen LogP contribution in [-0.2, 0) is 19.6 Å². The van der Waals surface area contributed by atoms with Crippen LogP contribution in [-0.4, -0.2) is 25.5 Å². The summed E-state index contributed by atoms with van der Waals surface area (Å²) in [5.74, 6) is -0.187. The predicted octanol–water partition coefficient (Wildman–Crippen LogP) is 5.50. The molecule has 0 fully saturated rings. The molecule has 4 rings (SSSR count). The fraction of sp³-hybridized carbons (Fsp3) is 0.182. The van der Waals surface area contributed by atoms with E-state index in [4.69, 9.17) is 11.6 Å². The topological polar surface area (TPSA) is 60.7 Å². The van der Waals surface area contributed by atoms with Crippen LogP contribution >= 0.6 is 11.6 Å². The number of halogens is 4. The van der Waals surface area contributed by atoms with Gasteiger partial charge in [0, 0.05) is 31.1 Å². The van der Waals surface area contributed by atoms with Crippen LogP contribution in [0.15, 0.2) is 48.8 Å². The van der Waals surface area contributed by atoms with Gasteiger partial charge in [-0.05, 0) is 47.4 Å². The number of ketones is 1. The van der Waals surface area contributed by atoms with Gasteiger partial charge in [0.15, 0.2) is 5.78 Å². The van der Waals surface area contributed by atoms with Crippen molar-refractivity contribution in [3.63, 3.8) is 0 Å². The number of carbonyl (C=O) groups excluding carboxylic acids is 1. The molecule has 3 aromatic heterocycles. The lowest BCUT2D eigenvalue weighted by Crippen LogP contribution is -2.09. The van der Waals surface area contributed by atoms with E-state index in [1.807, 2.05) is 18.3 Å². The van der Waals surface area contributed by atoms with Gasteiger partial charge >= 0.3 is 6.18 Å². The van der Waals surface area contributed by atoms with E-state index < -0.39 is 11.9 Å². The first-order valence-corrected chi connectivity index (χ1v) is 9.65. The molecule has 0 unspecified atom stereocenters. The lowest BCUT2D eigenvalue weighted by Gasteiger charge is -2.11. The Balaban J connectivity index is 1.80. The second-order valence-electron chi connectivity index (χ2n) is 7.22. The predicted molar refractivity (Wildman–Crippen MR) is 111 cm³/mol. The standard InChI is InChI=1S/C22H16ClF3N4O/c1-12(31)18-9-17(15-10-27-30(2)11-15)16-4-3-13(6-19(16)28-18)5-14-7-20(22(24,25)26)29-21(23)8-14/h3-4,6-11H,5H2,1-2H3. The van der Waals surface area contributed by atoms with E-state index in [1.165, 1.54) is 13.0 Å². The normalized spacial score (nSPS) is 11.8. The maximum Gasteiger partial charge on any atom is 0.433 e. The molecule has 0 N–H and O–H groups in total. The lowest BCUT2D eigenvalue weighted by atomic mass is 9.98. The minimum Gasteiger partial charge on any atom is -0.293 e. The highest BCUT2D eigenvalue weighted by Gasteiger charge is 2.33. The van der Waals surface area contributed by atoms with Gasteiger partial charge in [0.05, 0.1) is 11.7 Å².